The monoisotopic (exact) mass is 433 g/mol. The Morgan fingerprint density at radius 3 is 2.77 bits per heavy atom. The van der Waals surface area contributed by atoms with Crippen LogP contribution < -0.4 is 5.32 Å². The van der Waals surface area contributed by atoms with Crippen molar-refractivity contribution in [3.05, 3.63) is 46.7 Å². The minimum atomic E-state index is -3.70. The highest BCUT2D eigenvalue weighted by atomic mass is 32.2. The molecule has 7 nitrogen and oxygen atoms in total. The number of piperidine rings is 1. The molecule has 1 fully saturated rings. The predicted molar refractivity (Wildman–Crippen MR) is 113 cm³/mol. The van der Waals surface area contributed by atoms with Crippen LogP contribution in [0, 0.1) is 12.7 Å². The van der Waals surface area contributed by atoms with Gasteiger partial charge in [-0.2, -0.15) is 4.31 Å². The van der Waals surface area contributed by atoms with Gasteiger partial charge in [0.15, 0.2) is 0 Å². The van der Waals surface area contributed by atoms with Gasteiger partial charge in [0.1, 0.15) is 17.5 Å². The zero-order valence-electron chi connectivity index (χ0n) is 17.7. The number of benzene rings is 1. The van der Waals surface area contributed by atoms with E-state index in [1.807, 2.05) is 7.05 Å². The van der Waals surface area contributed by atoms with Crippen LogP contribution in [0.1, 0.15) is 41.4 Å². The second-order valence-corrected chi connectivity index (χ2v) is 10.1. The van der Waals surface area contributed by atoms with E-state index in [0.717, 1.165) is 49.4 Å². The quantitative estimate of drug-likeness (QED) is 0.798. The number of aryl methyl sites for hydroxylation is 1. The number of aromatic nitrogens is 2. The normalized spacial score (nSPS) is 20.7. The molecule has 1 aromatic heterocycles. The number of nitrogens with one attached hydrogen (secondary N) is 1. The van der Waals surface area contributed by atoms with Gasteiger partial charge in [0.05, 0.1) is 10.6 Å². The lowest BCUT2D eigenvalue weighted by Crippen LogP contribution is -2.40. The molecular weight excluding hydrogens is 405 g/mol. The molecule has 1 atom stereocenters. The van der Waals surface area contributed by atoms with E-state index in [1.165, 1.54) is 22.5 Å². The van der Waals surface area contributed by atoms with E-state index in [1.54, 1.807) is 6.92 Å². The summed E-state index contributed by atoms with van der Waals surface area (Å²) >= 11 is 0. The molecule has 0 radical (unpaired) electrons. The number of hydrogen-bond acceptors (Lipinski definition) is 6. The van der Waals surface area contributed by atoms with Gasteiger partial charge < -0.3 is 10.2 Å². The number of anilines is 1. The minimum Gasteiger partial charge on any atom is -0.373 e. The first-order valence-corrected chi connectivity index (χ1v) is 11.8. The van der Waals surface area contributed by atoms with E-state index in [4.69, 9.17) is 9.97 Å². The smallest absolute Gasteiger partial charge is 0.243 e. The van der Waals surface area contributed by atoms with Gasteiger partial charge in [0, 0.05) is 44.7 Å². The predicted octanol–water partition coefficient (Wildman–Crippen LogP) is 2.52. The molecule has 2 aliphatic heterocycles. The zero-order chi connectivity index (χ0) is 21.5. The molecule has 2 aliphatic rings. The second kappa shape index (κ2) is 8.20. The van der Waals surface area contributed by atoms with E-state index in [-0.39, 0.29) is 10.8 Å². The summed E-state index contributed by atoms with van der Waals surface area (Å²) in [6.07, 6.45) is 2.48. The topological polar surface area (TPSA) is 78.4 Å². The van der Waals surface area contributed by atoms with Crippen LogP contribution in [0.2, 0.25) is 0 Å². The van der Waals surface area contributed by atoms with E-state index < -0.39 is 15.8 Å². The van der Waals surface area contributed by atoms with Crippen LogP contribution in [0.3, 0.4) is 0 Å². The van der Waals surface area contributed by atoms with Gasteiger partial charge in [0.2, 0.25) is 10.0 Å². The summed E-state index contributed by atoms with van der Waals surface area (Å²) in [7, 11) is 0.236. The molecule has 1 aromatic carbocycles. The van der Waals surface area contributed by atoms with Crippen LogP contribution in [0.5, 0.6) is 0 Å². The molecule has 1 N–H and O–H groups in total. The first-order valence-electron chi connectivity index (χ1n) is 10.3. The number of nitrogens with zero attached hydrogens (tertiary/aromatic N) is 4. The van der Waals surface area contributed by atoms with Gasteiger partial charge in [-0.15, -0.1) is 0 Å². The zero-order valence-corrected chi connectivity index (χ0v) is 18.5. The fraction of sp³-hybridized carbons (Fsp3) is 0.524. The Labute approximate surface area is 177 Å². The third kappa shape index (κ3) is 3.93. The maximum absolute atomic E-state index is 13.6. The Morgan fingerprint density at radius 2 is 2.03 bits per heavy atom. The maximum Gasteiger partial charge on any atom is 0.243 e. The number of fused-ring (bicyclic) bond motifs is 1. The molecule has 3 heterocycles. The summed E-state index contributed by atoms with van der Waals surface area (Å²) < 4.78 is 41.4. The summed E-state index contributed by atoms with van der Waals surface area (Å²) in [4.78, 5) is 12.0. The van der Waals surface area contributed by atoms with Crippen molar-refractivity contribution in [1.29, 1.82) is 0 Å². The van der Waals surface area contributed by atoms with Crippen LogP contribution in [0.25, 0.3) is 0 Å². The Kier molecular flexibility index (Phi) is 5.78. The number of halogens is 1. The Hall–Kier alpha value is -2.10. The van der Waals surface area contributed by atoms with E-state index in [9.17, 15) is 12.8 Å². The highest BCUT2D eigenvalue weighted by Gasteiger charge is 2.33. The lowest BCUT2D eigenvalue weighted by molar-refractivity contribution is 0.297. The fourth-order valence-corrected chi connectivity index (χ4v) is 5.88. The van der Waals surface area contributed by atoms with Gasteiger partial charge >= 0.3 is 0 Å². The SMILES string of the molecule is CNc1nc(C2CCCN(S(=O)(=O)c3ccc(F)c(C)c3)C2)nc2c1CCN(C)C2. The average Bonchev–Trinajstić information content (AvgIpc) is 2.74. The van der Waals surface area contributed by atoms with Crippen molar-refractivity contribution in [2.75, 3.05) is 39.0 Å². The molecule has 1 saturated heterocycles. The van der Waals surface area contributed by atoms with Crippen molar-refractivity contribution in [3.8, 4) is 0 Å². The van der Waals surface area contributed by atoms with Crippen molar-refractivity contribution >= 4 is 15.8 Å². The first-order chi connectivity index (χ1) is 14.3. The molecule has 0 amide bonds. The highest BCUT2D eigenvalue weighted by molar-refractivity contribution is 7.89. The van der Waals surface area contributed by atoms with E-state index in [2.05, 4.69) is 17.3 Å². The van der Waals surface area contributed by atoms with Gasteiger partial charge in [-0.3, -0.25) is 0 Å². The minimum absolute atomic E-state index is 0.0697. The van der Waals surface area contributed by atoms with Crippen molar-refractivity contribution < 1.29 is 12.8 Å². The molecule has 0 saturated carbocycles. The van der Waals surface area contributed by atoms with Crippen molar-refractivity contribution in [3.63, 3.8) is 0 Å². The van der Waals surface area contributed by atoms with Gasteiger partial charge in [-0.25, -0.2) is 22.8 Å². The number of hydrogen-bond donors (Lipinski definition) is 1. The average molecular weight is 434 g/mol. The molecule has 162 valence electrons. The molecule has 0 aliphatic carbocycles. The van der Waals surface area contributed by atoms with Crippen LogP contribution in [-0.4, -0.2) is 61.3 Å². The summed E-state index contributed by atoms with van der Waals surface area (Å²) in [5.41, 5.74) is 2.50. The lowest BCUT2D eigenvalue weighted by atomic mass is 9.97. The third-order valence-electron chi connectivity index (χ3n) is 6.03. The highest BCUT2D eigenvalue weighted by Crippen LogP contribution is 2.32. The molecule has 9 heteroatoms. The first kappa shape index (κ1) is 21.1. The molecule has 2 aromatic rings. The van der Waals surface area contributed by atoms with Crippen LogP contribution in [-0.2, 0) is 23.0 Å². The van der Waals surface area contributed by atoms with Crippen LogP contribution >= 0.6 is 0 Å². The largest absolute Gasteiger partial charge is 0.373 e. The molecular formula is C21H28FN5O2S. The molecule has 0 bridgehead atoms. The summed E-state index contributed by atoms with van der Waals surface area (Å²) in [6.45, 7) is 4.09. The number of likely N-dealkylation sites (N-methyl/N-ethyl adjacent to an activating group) is 1. The van der Waals surface area contributed by atoms with Crippen LogP contribution in [0.15, 0.2) is 23.1 Å². The number of rotatable bonds is 4. The van der Waals surface area contributed by atoms with Crippen LogP contribution in [0.4, 0.5) is 10.2 Å². The Morgan fingerprint density at radius 1 is 1.23 bits per heavy atom. The summed E-state index contributed by atoms with van der Waals surface area (Å²) in [5, 5.41) is 3.19. The standard InChI is InChI=1S/C21H28FN5O2S/c1-14-11-16(6-7-18(14)22)30(28,29)27-9-4-5-15(12-27)20-24-19-13-26(3)10-8-17(19)21(23-2)25-20/h6-7,11,15H,4-5,8-10,12-13H2,1-3H3,(H,23,24,25). The molecule has 1 unspecified atom stereocenters. The summed E-state index contributed by atoms with van der Waals surface area (Å²) in [6, 6.07) is 3.95. The Bertz CT molecular complexity index is 1060. The summed E-state index contributed by atoms with van der Waals surface area (Å²) in [5.74, 6) is 1.07. The van der Waals surface area contributed by atoms with Crippen molar-refractivity contribution in [1.82, 2.24) is 19.2 Å². The maximum atomic E-state index is 13.6. The van der Waals surface area contributed by atoms with Crippen molar-refractivity contribution in [2.45, 2.75) is 43.5 Å². The van der Waals surface area contributed by atoms with Gasteiger partial charge in [0.25, 0.3) is 0 Å². The third-order valence-corrected chi connectivity index (χ3v) is 7.89. The fourth-order valence-electron chi connectivity index (χ4n) is 4.27. The van der Waals surface area contributed by atoms with Gasteiger partial charge in [-0.05, 0) is 57.0 Å². The lowest BCUT2D eigenvalue weighted by Gasteiger charge is -2.32. The molecule has 4 rings (SSSR count). The second-order valence-electron chi connectivity index (χ2n) is 8.21. The van der Waals surface area contributed by atoms with E-state index in [0.29, 0.717) is 24.5 Å². The molecule has 0 spiro atoms. The molecule has 30 heavy (non-hydrogen) atoms. The number of sulfonamides is 1. The van der Waals surface area contributed by atoms with Gasteiger partial charge in [-0.1, -0.05) is 0 Å². The van der Waals surface area contributed by atoms with Crippen molar-refractivity contribution in [2.24, 2.45) is 0 Å². The van der Waals surface area contributed by atoms with E-state index >= 15 is 0 Å². The Balaban J connectivity index is 1.63.